The van der Waals surface area contributed by atoms with E-state index in [0.717, 1.165) is 24.6 Å². The molecule has 2 aliphatic rings. The van der Waals surface area contributed by atoms with Gasteiger partial charge < -0.3 is 10.6 Å². The number of thioether (sulfide) groups is 1. The first-order valence-electron chi connectivity index (χ1n) is 5.55. The van der Waals surface area contributed by atoms with Crippen LogP contribution in [0.1, 0.15) is 12.8 Å². The molecule has 1 saturated carbocycles. The first-order chi connectivity index (χ1) is 7.64. The number of rotatable bonds is 3. The third-order valence-corrected chi connectivity index (χ3v) is 4.19. The van der Waals surface area contributed by atoms with Crippen molar-refractivity contribution in [1.29, 1.82) is 0 Å². The number of nitrogens with two attached hydrogens (primary N) is 1. The lowest BCUT2D eigenvalue weighted by Crippen LogP contribution is -2.43. The van der Waals surface area contributed by atoms with Gasteiger partial charge in [-0.15, -0.1) is 24.0 Å². The quantitative estimate of drug-likeness (QED) is 0.465. The van der Waals surface area contributed by atoms with Crippen LogP contribution in [0, 0.1) is 5.41 Å². The van der Waals surface area contributed by atoms with E-state index in [1.165, 1.54) is 0 Å². The average molecular weight is 377 g/mol. The van der Waals surface area contributed by atoms with Crippen molar-refractivity contribution < 1.29 is 8.78 Å². The predicted molar refractivity (Wildman–Crippen MR) is 78.5 cm³/mol. The molecule has 17 heavy (non-hydrogen) atoms. The van der Waals surface area contributed by atoms with E-state index in [9.17, 15) is 8.78 Å². The lowest BCUT2D eigenvalue weighted by Gasteiger charge is -2.27. The van der Waals surface area contributed by atoms with Crippen molar-refractivity contribution in [3.63, 3.8) is 0 Å². The molecule has 3 nitrogen and oxygen atoms in total. The Morgan fingerprint density at radius 3 is 2.41 bits per heavy atom. The van der Waals surface area contributed by atoms with Gasteiger partial charge in [0, 0.05) is 24.6 Å². The van der Waals surface area contributed by atoms with E-state index in [-0.39, 0.29) is 30.5 Å². The largest absolute Gasteiger partial charge is 0.370 e. The van der Waals surface area contributed by atoms with Crippen LogP contribution < -0.4 is 5.73 Å². The molecule has 0 atom stereocenters. The van der Waals surface area contributed by atoms with Crippen molar-refractivity contribution in [3.8, 4) is 0 Å². The van der Waals surface area contributed by atoms with E-state index in [0.29, 0.717) is 18.8 Å². The maximum absolute atomic E-state index is 12.6. The molecule has 0 spiro atoms. The van der Waals surface area contributed by atoms with Crippen LogP contribution in [0.25, 0.3) is 0 Å². The maximum atomic E-state index is 12.6. The van der Waals surface area contributed by atoms with Crippen LogP contribution in [0.4, 0.5) is 8.78 Å². The minimum absolute atomic E-state index is 0. The third kappa shape index (κ3) is 3.84. The van der Waals surface area contributed by atoms with Crippen LogP contribution >= 0.6 is 35.7 Å². The van der Waals surface area contributed by atoms with Crippen molar-refractivity contribution >= 4 is 41.7 Å². The Bertz CT molecular complexity index is 279. The minimum atomic E-state index is -2.26. The zero-order chi connectivity index (χ0) is 11.6. The summed E-state index contributed by atoms with van der Waals surface area (Å²) in [6, 6.07) is 0. The van der Waals surface area contributed by atoms with Crippen LogP contribution in [0.5, 0.6) is 0 Å². The molecule has 1 saturated heterocycles. The molecule has 2 fully saturated rings. The molecule has 0 amide bonds. The molecule has 7 heteroatoms. The van der Waals surface area contributed by atoms with Crippen molar-refractivity contribution in [2.24, 2.45) is 16.1 Å². The summed E-state index contributed by atoms with van der Waals surface area (Å²) in [6.45, 7) is 1.93. The number of hydrogen-bond acceptors (Lipinski definition) is 2. The first kappa shape index (κ1) is 15.3. The van der Waals surface area contributed by atoms with Crippen LogP contribution in [0.3, 0.4) is 0 Å². The highest BCUT2D eigenvalue weighted by Crippen LogP contribution is 2.50. The standard InChI is InChI=1S/C10H17F2N3S.HI/c11-8(12)10(1-2-10)7-14-9(13)15-3-5-16-6-4-15;/h8H,1-7H2,(H2,13,14);1H. The molecule has 0 radical (unpaired) electrons. The van der Waals surface area contributed by atoms with Gasteiger partial charge in [-0.05, 0) is 12.8 Å². The summed E-state index contributed by atoms with van der Waals surface area (Å²) >= 11 is 1.88. The SMILES string of the molecule is I.NC(=NCC1(C(F)F)CC1)N1CCSCC1. The van der Waals surface area contributed by atoms with Gasteiger partial charge in [0.1, 0.15) is 0 Å². The molecule has 0 aromatic rings. The second-order valence-corrected chi connectivity index (χ2v) is 5.66. The minimum Gasteiger partial charge on any atom is -0.370 e. The lowest BCUT2D eigenvalue weighted by molar-refractivity contribution is 0.0666. The van der Waals surface area contributed by atoms with Crippen LogP contribution in [-0.4, -0.2) is 48.4 Å². The monoisotopic (exact) mass is 377 g/mol. The normalized spacial score (nSPS) is 23.5. The summed E-state index contributed by atoms with van der Waals surface area (Å²) in [6.07, 6.45) is -1.10. The van der Waals surface area contributed by atoms with Gasteiger partial charge in [-0.25, -0.2) is 8.78 Å². The summed E-state index contributed by atoms with van der Waals surface area (Å²) in [5.41, 5.74) is 4.95. The van der Waals surface area contributed by atoms with E-state index in [2.05, 4.69) is 4.99 Å². The Kier molecular flexibility index (Phi) is 5.75. The van der Waals surface area contributed by atoms with Crippen LogP contribution in [-0.2, 0) is 0 Å². The molecule has 1 aliphatic carbocycles. The fraction of sp³-hybridized carbons (Fsp3) is 0.900. The number of guanidine groups is 1. The van der Waals surface area contributed by atoms with Gasteiger partial charge >= 0.3 is 0 Å². The van der Waals surface area contributed by atoms with E-state index in [4.69, 9.17) is 5.73 Å². The van der Waals surface area contributed by atoms with Gasteiger partial charge in [-0.1, -0.05) is 0 Å². The average Bonchev–Trinajstić information content (AvgIpc) is 3.08. The van der Waals surface area contributed by atoms with Gasteiger partial charge in [0.05, 0.1) is 12.0 Å². The Labute approximate surface area is 122 Å². The first-order valence-corrected chi connectivity index (χ1v) is 6.70. The second-order valence-electron chi connectivity index (χ2n) is 4.44. The molecular weight excluding hydrogens is 359 g/mol. The highest BCUT2D eigenvalue weighted by atomic mass is 127. The second kappa shape index (κ2) is 6.40. The number of alkyl halides is 2. The highest BCUT2D eigenvalue weighted by molar-refractivity contribution is 14.0. The molecule has 0 unspecified atom stereocenters. The highest BCUT2D eigenvalue weighted by Gasteiger charge is 2.50. The Hall–Kier alpha value is 0.210. The number of nitrogens with zero attached hydrogens (tertiary/aromatic N) is 2. The Morgan fingerprint density at radius 1 is 1.35 bits per heavy atom. The van der Waals surface area contributed by atoms with Crippen molar-refractivity contribution in [2.75, 3.05) is 31.1 Å². The Morgan fingerprint density at radius 2 is 1.94 bits per heavy atom. The van der Waals surface area contributed by atoms with Crippen molar-refractivity contribution in [1.82, 2.24) is 4.90 Å². The summed E-state index contributed by atoms with van der Waals surface area (Å²) in [5, 5.41) is 0. The lowest BCUT2D eigenvalue weighted by atomic mass is 10.1. The number of hydrogen-bond donors (Lipinski definition) is 1. The van der Waals surface area contributed by atoms with Gasteiger partial charge in [0.15, 0.2) is 5.96 Å². The third-order valence-electron chi connectivity index (χ3n) is 3.25. The van der Waals surface area contributed by atoms with Crippen molar-refractivity contribution in [2.45, 2.75) is 19.3 Å². The fourth-order valence-corrected chi connectivity index (χ4v) is 2.64. The number of aliphatic imine (C=N–C) groups is 1. The molecule has 1 heterocycles. The smallest absolute Gasteiger partial charge is 0.245 e. The molecule has 1 aliphatic heterocycles. The molecule has 2 rings (SSSR count). The zero-order valence-corrected chi connectivity index (χ0v) is 12.7. The summed E-state index contributed by atoms with van der Waals surface area (Å²) in [5.74, 6) is 2.51. The van der Waals surface area contributed by atoms with Gasteiger partial charge in [0.25, 0.3) is 0 Å². The summed E-state index contributed by atoms with van der Waals surface area (Å²) in [7, 11) is 0. The van der Waals surface area contributed by atoms with Gasteiger partial charge in [0.2, 0.25) is 6.43 Å². The van der Waals surface area contributed by atoms with Gasteiger partial charge in [-0.2, -0.15) is 11.8 Å². The van der Waals surface area contributed by atoms with Crippen LogP contribution in [0.15, 0.2) is 4.99 Å². The van der Waals surface area contributed by atoms with E-state index >= 15 is 0 Å². The zero-order valence-electron chi connectivity index (χ0n) is 9.57. The molecule has 0 aromatic heterocycles. The van der Waals surface area contributed by atoms with E-state index in [1.54, 1.807) is 0 Å². The summed E-state index contributed by atoms with van der Waals surface area (Å²) < 4.78 is 25.3. The fourth-order valence-electron chi connectivity index (χ4n) is 1.74. The van der Waals surface area contributed by atoms with Gasteiger partial charge in [-0.3, -0.25) is 4.99 Å². The van der Waals surface area contributed by atoms with Crippen molar-refractivity contribution in [3.05, 3.63) is 0 Å². The predicted octanol–water partition coefficient (Wildman–Crippen LogP) is 2.01. The Balaban J connectivity index is 0.00000144. The molecule has 2 N–H and O–H groups in total. The van der Waals surface area contributed by atoms with E-state index < -0.39 is 11.8 Å². The van der Waals surface area contributed by atoms with Crippen LogP contribution in [0.2, 0.25) is 0 Å². The number of halogens is 3. The summed E-state index contributed by atoms with van der Waals surface area (Å²) in [4.78, 5) is 6.12. The molecule has 0 bridgehead atoms. The molecular formula is C10H18F2IN3S. The molecule has 100 valence electrons. The maximum Gasteiger partial charge on any atom is 0.245 e. The van der Waals surface area contributed by atoms with E-state index in [1.807, 2.05) is 16.7 Å². The topological polar surface area (TPSA) is 41.6 Å². The molecule has 0 aromatic carbocycles.